The Hall–Kier alpha value is -0.610. The summed E-state index contributed by atoms with van der Waals surface area (Å²) < 4.78 is 0. The maximum Gasteiger partial charge on any atom is 0.303 e. The zero-order valence-electron chi connectivity index (χ0n) is 6.69. The average Bonchev–Trinajstić information content (AvgIpc) is 1.81. The highest BCUT2D eigenvalue weighted by Crippen LogP contribution is 2.13. The van der Waals surface area contributed by atoms with Crippen molar-refractivity contribution in [3.63, 3.8) is 0 Å². The van der Waals surface area contributed by atoms with Crippen molar-refractivity contribution in [2.24, 2.45) is 5.92 Å². The molecule has 0 aromatic rings. The number of carboxylic acid groups (broad SMARTS) is 1. The molecule has 0 saturated heterocycles. The summed E-state index contributed by atoms with van der Waals surface area (Å²) >= 11 is 0. The number of hydrogen-bond donors (Lipinski definition) is 3. The first-order valence-electron chi connectivity index (χ1n) is 3.53. The van der Waals surface area contributed by atoms with Crippen molar-refractivity contribution in [1.82, 2.24) is 0 Å². The quantitative estimate of drug-likeness (QED) is 0.536. The van der Waals surface area contributed by atoms with E-state index in [-0.39, 0.29) is 6.42 Å². The van der Waals surface area contributed by atoms with Gasteiger partial charge in [0.05, 0.1) is 18.6 Å². The van der Waals surface area contributed by atoms with Gasteiger partial charge in [-0.25, -0.2) is 0 Å². The molecule has 0 aliphatic heterocycles. The molecule has 0 bridgehead atoms. The standard InChI is InChI=1S/C7H14O4/c1-4(8)6(5(2)9)3-7(10)11/h4-6,8-9H,3H2,1-2H3,(H,10,11). The van der Waals surface area contributed by atoms with Crippen molar-refractivity contribution in [2.75, 3.05) is 0 Å². The van der Waals surface area contributed by atoms with Crippen LogP contribution in [0.25, 0.3) is 0 Å². The molecule has 0 spiro atoms. The number of rotatable bonds is 4. The predicted octanol–water partition coefficient (Wildman–Crippen LogP) is -0.161. The molecule has 0 saturated carbocycles. The van der Waals surface area contributed by atoms with Gasteiger partial charge < -0.3 is 15.3 Å². The van der Waals surface area contributed by atoms with Crippen molar-refractivity contribution < 1.29 is 20.1 Å². The van der Waals surface area contributed by atoms with Crippen LogP contribution in [0.2, 0.25) is 0 Å². The third-order valence-corrected chi connectivity index (χ3v) is 1.65. The minimum absolute atomic E-state index is 0.199. The van der Waals surface area contributed by atoms with Gasteiger partial charge in [-0.1, -0.05) is 0 Å². The van der Waals surface area contributed by atoms with Gasteiger partial charge in [-0.2, -0.15) is 0 Å². The van der Waals surface area contributed by atoms with Gasteiger partial charge in [-0.15, -0.1) is 0 Å². The predicted molar refractivity (Wildman–Crippen MR) is 39.1 cm³/mol. The Kier molecular flexibility index (Phi) is 4.07. The number of carbonyl (C=O) groups is 1. The van der Waals surface area contributed by atoms with Gasteiger partial charge in [-0.05, 0) is 13.8 Å². The zero-order valence-corrected chi connectivity index (χ0v) is 6.69. The Morgan fingerprint density at radius 3 is 1.73 bits per heavy atom. The normalized spacial score (nSPS) is 18.9. The number of aliphatic hydroxyl groups excluding tert-OH is 2. The SMILES string of the molecule is CC(O)C(CC(=O)O)C(C)O. The van der Waals surface area contributed by atoms with Crippen molar-refractivity contribution in [1.29, 1.82) is 0 Å². The van der Waals surface area contributed by atoms with Gasteiger partial charge in [-0.3, -0.25) is 4.79 Å². The fraction of sp³-hybridized carbons (Fsp3) is 0.857. The monoisotopic (exact) mass is 162 g/mol. The molecule has 0 aromatic heterocycles. The number of aliphatic hydroxyl groups is 2. The lowest BCUT2D eigenvalue weighted by molar-refractivity contribution is -0.140. The maximum absolute atomic E-state index is 10.2. The van der Waals surface area contributed by atoms with Gasteiger partial charge >= 0.3 is 5.97 Å². The van der Waals surface area contributed by atoms with Crippen molar-refractivity contribution in [3.05, 3.63) is 0 Å². The van der Waals surface area contributed by atoms with E-state index in [1.54, 1.807) is 0 Å². The summed E-state index contributed by atoms with van der Waals surface area (Å²) in [6.45, 7) is 2.95. The van der Waals surface area contributed by atoms with E-state index >= 15 is 0 Å². The maximum atomic E-state index is 10.2. The molecule has 0 aliphatic carbocycles. The summed E-state index contributed by atoms with van der Waals surface area (Å²) in [5.41, 5.74) is 0. The van der Waals surface area contributed by atoms with E-state index in [0.29, 0.717) is 0 Å². The molecule has 2 atom stereocenters. The molecule has 0 radical (unpaired) electrons. The summed E-state index contributed by atoms with van der Waals surface area (Å²) in [6, 6.07) is 0. The molecule has 11 heavy (non-hydrogen) atoms. The minimum atomic E-state index is -1.00. The molecule has 3 N–H and O–H groups in total. The van der Waals surface area contributed by atoms with Crippen molar-refractivity contribution in [3.8, 4) is 0 Å². The molecule has 0 aromatic carbocycles. The second-order valence-electron chi connectivity index (χ2n) is 2.74. The molecule has 66 valence electrons. The molecule has 0 heterocycles. The first-order valence-corrected chi connectivity index (χ1v) is 3.53. The van der Waals surface area contributed by atoms with Crippen LogP contribution in [0.3, 0.4) is 0 Å². The Labute approximate surface area is 65.5 Å². The van der Waals surface area contributed by atoms with Crippen LogP contribution in [0.5, 0.6) is 0 Å². The fourth-order valence-electron chi connectivity index (χ4n) is 0.946. The van der Waals surface area contributed by atoms with Gasteiger partial charge in [0.1, 0.15) is 0 Å². The lowest BCUT2D eigenvalue weighted by Crippen LogP contribution is -2.29. The highest BCUT2D eigenvalue weighted by molar-refractivity contribution is 5.67. The smallest absolute Gasteiger partial charge is 0.303 e. The summed E-state index contributed by atoms with van der Waals surface area (Å²) in [5.74, 6) is -1.58. The van der Waals surface area contributed by atoms with Crippen LogP contribution < -0.4 is 0 Å². The topological polar surface area (TPSA) is 77.8 Å². The molecule has 0 aliphatic rings. The summed E-state index contributed by atoms with van der Waals surface area (Å²) in [5, 5.41) is 26.4. The molecule has 2 unspecified atom stereocenters. The lowest BCUT2D eigenvalue weighted by atomic mass is 9.94. The summed E-state index contributed by atoms with van der Waals surface area (Å²) in [6.07, 6.45) is -1.77. The molecule has 4 heteroatoms. The Morgan fingerprint density at radius 2 is 1.64 bits per heavy atom. The summed E-state index contributed by atoms with van der Waals surface area (Å²) in [7, 11) is 0. The Morgan fingerprint density at radius 1 is 1.27 bits per heavy atom. The second kappa shape index (κ2) is 4.31. The van der Waals surface area contributed by atoms with Crippen LogP contribution >= 0.6 is 0 Å². The van der Waals surface area contributed by atoms with E-state index in [9.17, 15) is 4.79 Å². The lowest BCUT2D eigenvalue weighted by Gasteiger charge is -2.20. The summed E-state index contributed by atoms with van der Waals surface area (Å²) in [4.78, 5) is 10.2. The van der Waals surface area contributed by atoms with Crippen LogP contribution in [0.4, 0.5) is 0 Å². The highest BCUT2D eigenvalue weighted by atomic mass is 16.4. The van der Waals surface area contributed by atoms with Gasteiger partial charge in [0.15, 0.2) is 0 Å². The van der Waals surface area contributed by atoms with Gasteiger partial charge in [0.25, 0.3) is 0 Å². The van der Waals surface area contributed by atoms with Gasteiger partial charge in [0.2, 0.25) is 0 Å². The molecular formula is C7H14O4. The molecule has 0 rings (SSSR count). The van der Waals surface area contributed by atoms with E-state index in [0.717, 1.165) is 0 Å². The number of aliphatic carboxylic acids is 1. The fourth-order valence-corrected chi connectivity index (χ4v) is 0.946. The van der Waals surface area contributed by atoms with Gasteiger partial charge in [0, 0.05) is 5.92 Å². The number of hydrogen-bond acceptors (Lipinski definition) is 3. The molecule has 0 amide bonds. The third-order valence-electron chi connectivity index (χ3n) is 1.65. The van der Waals surface area contributed by atoms with E-state index in [2.05, 4.69) is 0 Å². The molecule has 4 nitrogen and oxygen atoms in total. The Balaban J connectivity index is 4.00. The zero-order chi connectivity index (χ0) is 9.02. The first-order chi connectivity index (χ1) is 4.95. The average molecular weight is 162 g/mol. The van der Waals surface area contributed by atoms with E-state index in [1.807, 2.05) is 0 Å². The van der Waals surface area contributed by atoms with Crippen LogP contribution in [-0.4, -0.2) is 33.5 Å². The van der Waals surface area contributed by atoms with Crippen LogP contribution in [0.1, 0.15) is 20.3 Å². The van der Waals surface area contributed by atoms with Crippen molar-refractivity contribution >= 4 is 5.97 Å². The van der Waals surface area contributed by atoms with E-state index < -0.39 is 24.1 Å². The third kappa shape index (κ3) is 3.95. The first kappa shape index (κ1) is 10.4. The second-order valence-corrected chi connectivity index (χ2v) is 2.74. The van der Waals surface area contributed by atoms with Crippen molar-refractivity contribution in [2.45, 2.75) is 32.5 Å². The largest absolute Gasteiger partial charge is 0.481 e. The van der Waals surface area contributed by atoms with E-state index in [1.165, 1.54) is 13.8 Å². The minimum Gasteiger partial charge on any atom is -0.481 e. The Bertz CT molecular complexity index is 122. The van der Waals surface area contributed by atoms with Crippen LogP contribution in [0.15, 0.2) is 0 Å². The number of carboxylic acids is 1. The van der Waals surface area contributed by atoms with Crippen LogP contribution in [-0.2, 0) is 4.79 Å². The highest BCUT2D eigenvalue weighted by Gasteiger charge is 2.22. The van der Waals surface area contributed by atoms with E-state index in [4.69, 9.17) is 15.3 Å². The molecular weight excluding hydrogens is 148 g/mol. The molecule has 0 fully saturated rings. The van der Waals surface area contributed by atoms with Crippen LogP contribution in [0, 0.1) is 5.92 Å².